The van der Waals surface area contributed by atoms with E-state index in [1.54, 1.807) is 47.8 Å². The Morgan fingerprint density at radius 2 is 1.87 bits per heavy atom. The van der Waals surface area contributed by atoms with Gasteiger partial charge < -0.3 is 24.8 Å². The quantitative estimate of drug-likeness (QED) is 0.388. The fourth-order valence-corrected chi connectivity index (χ4v) is 4.95. The molecule has 3 amide bonds. The fraction of sp³-hybridized carbons (Fsp3) is 0.321. The lowest BCUT2D eigenvalue weighted by Gasteiger charge is -2.33. The van der Waals surface area contributed by atoms with Crippen LogP contribution in [-0.2, 0) is 14.3 Å². The molecular weight excluding hydrogens is 506 g/mol. The molecule has 0 unspecified atom stereocenters. The number of carbonyl (C=O) groups is 3. The van der Waals surface area contributed by atoms with Crippen LogP contribution in [0.1, 0.15) is 34.1 Å². The molecule has 0 aliphatic carbocycles. The largest absolute Gasteiger partial charge is 0.497 e. The van der Waals surface area contributed by atoms with E-state index in [1.165, 1.54) is 30.5 Å². The zero-order valence-corrected chi connectivity index (χ0v) is 22.2. The van der Waals surface area contributed by atoms with Crippen LogP contribution >= 0.6 is 11.3 Å². The summed E-state index contributed by atoms with van der Waals surface area (Å²) in [6.45, 7) is 0.674. The van der Waals surface area contributed by atoms with Crippen LogP contribution in [0.2, 0.25) is 0 Å². The Morgan fingerprint density at radius 3 is 2.53 bits per heavy atom. The van der Waals surface area contributed by atoms with Crippen LogP contribution in [0.15, 0.2) is 66.0 Å². The Hall–Kier alpha value is -3.89. The molecule has 4 rings (SSSR count). The molecule has 0 saturated carbocycles. The topological polar surface area (TPSA) is 106 Å². The normalized spacial score (nSPS) is 15.4. The number of carbonyl (C=O) groups excluding carboxylic acids is 3. The number of rotatable bonds is 11. The summed E-state index contributed by atoms with van der Waals surface area (Å²) in [5, 5.41) is 7.43. The van der Waals surface area contributed by atoms with Crippen molar-refractivity contribution in [3.8, 4) is 11.5 Å². The predicted octanol–water partition coefficient (Wildman–Crippen LogP) is 3.56. The van der Waals surface area contributed by atoms with Crippen LogP contribution in [0, 0.1) is 0 Å². The lowest BCUT2D eigenvalue weighted by molar-refractivity contribution is -0.126. The van der Waals surface area contributed by atoms with Gasteiger partial charge in [-0.1, -0.05) is 36.4 Å². The predicted molar refractivity (Wildman–Crippen MR) is 145 cm³/mol. The van der Waals surface area contributed by atoms with Crippen LogP contribution in [0.3, 0.4) is 0 Å². The van der Waals surface area contributed by atoms with Crippen LogP contribution < -0.4 is 25.0 Å². The molecule has 2 aromatic carbocycles. The van der Waals surface area contributed by atoms with Gasteiger partial charge in [-0.25, -0.2) is 0 Å². The Labute approximate surface area is 225 Å². The van der Waals surface area contributed by atoms with Crippen molar-refractivity contribution in [3.63, 3.8) is 0 Å². The number of nitrogens with one attached hydrogen (secondary N) is 2. The second-order valence-corrected chi connectivity index (χ2v) is 9.60. The van der Waals surface area contributed by atoms with Crippen molar-refractivity contribution < 1.29 is 28.6 Å². The number of thiophene rings is 1. The van der Waals surface area contributed by atoms with E-state index in [4.69, 9.17) is 14.2 Å². The fourth-order valence-electron chi connectivity index (χ4n) is 4.31. The van der Waals surface area contributed by atoms with Gasteiger partial charge in [-0.15, -0.1) is 11.3 Å². The summed E-state index contributed by atoms with van der Waals surface area (Å²) in [7, 11) is 3.01. The monoisotopic (exact) mass is 537 g/mol. The number of nitrogens with zero attached hydrogens (tertiary/aromatic N) is 1. The van der Waals surface area contributed by atoms with Crippen molar-refractivity contribution >= 4 is 34.7 Å². The van der Waals surface area contributed by atoms with Crippen LogP contribution in [-0.4, -0.2) is 57.7 Å². The van der Waals surface area contributed by atoms with Crippen LogP contribution in [0.4, 0.5) is 5.69 Å². The molecule has 1 aromatic heterocycles. The Balaban J connectivity index is 1.70. The summed E-state index contributed by atoms with van der Waals surface area (Å²) in [4.78, 5) is 42.0. The molecule has 2 N–H and O–H groups in total. The van der Waals surface area contributed by atoms with Crippen molar-refractivity contribution in [1.29, 1.82) is 0 Å². The molecule has 1 saturated heterocycles. The molecule has 10 heteroatoms. The van der Waals surface area contributed by atoms with E-state index in [9.17, 15) is 14.4 Å². The smallest absolute Gasteiger partial charge is 0.261 e. The molecule has 0 spiro atoms. The van der Waals surface area contributed by atoms with E-state index in [0.717, 1.165) is 12.8 Å². The van der Waals surface area contributed by atoms with E-state index in [0.29, 0.717) is 40.8 Å². The Kier molecular flexibility index (Phi) is 9.34. The molecule has 2 atom stereocenters. The highest BCUT2D eigenvalue weighted by molar-refractivity contribution is 7.12. The lowest BCUT2D eigenvalue weighted by Crippen LogP contribution is -2.48. The summed E-state index contributed by atoms with van der Waals surface area (Å²) in [6.07, 6.45) is 1.74. The Morgan fingerprint density at radius 1 is 1.05 bits per heavy atom. The van der Waals surface area contributed by atoms with Crippen molar-refractivity contribution in [2.45, 2.75) is 25.0 Å². The highest BCUT2D eigenvalue weighted by atomic mass is 32.1. The lowest BCUT2D eigenvalue weighted by atomic mass is 10.0. The first-order valence-electron chi connectivity index (χ1n) is 12.3. The summed E-state index contributed by atoms with van der Waals surface area (Å²) < 4.78 is 16.6. The second-order valence-electron chi connectivity index (χ2n) is 8.65. The maximum absolute atomic E-state index is 13.8. The van der Waals surface area contributed by atoms with Gasteiger partial charge in [0.2, 0.25) is 11.8 Å². The minimum absolute atomic E-state index is 0.0693. The van der Waals surface area contributed by atoms with Gasteiger partial charge in [0, 0.05) is 19.2 Å². The third-order valence-electron chi connectivity index (χ3n) is 6.21. The number of anilines is 1. The van der Waals surface area contributed by atoms with Gasteiger partial charge in [-0.2, -0.15) is 0 Å². The first kappa shape index (κ1) is 27.2. The SMILES string of the molecule is COc1ccc(N(C(=O)CNC(=O)c2cccs2)[C@H](C(=O)NC[C@@H]2CCCO2)c2ccccc2)c(OC)c1. The van der Waals surface area contributed by atoms with Gasteiger partial charge in [-0.3, -0.25) is 19.3 Å². The number of methoxy groups -OCH3 is 2. The summed E-state index contributed by atoms with van der Waals surface area (Å²) >= 11 is 1.28. The highest BCUT2D eigenvalue weighted by Crippen LogP contribution is 2.37. The average Bonchev–Trinajstić information content (AvgIpc) is 3.68. The van der Waals surface area contributed by atoms with Gasteiger partial charge in [0.1, 0.15) is 17.5 Å². The van der Waals surface area contributed by atoms with Crippen molar-refractivity contribution in [2.24, 2.45) is 0 Å². The van der Waals surface area contributed by atoms with Gasteiger partial charge in [-0.05, 0) is 42.0 Å². The van der Waals surface area contributed by atoms with Gasteiger partial charge in [0.25, 0.3) is 5.91 Å². The van der Waals surface area contributed by atoms with E-state index in [1.807, 2.05) is 18.2 Å². The maximum Gasteiger partial charge on any atom is 0.261 e. The molecule has 1 fully saturated rings. The van der Waals surface area contributed by atoms with Crippen molar-refractivity contribution in [3.05, 3.63) is 76.5 Å². The van der Waals surface area contributed by atoms with Crippen LogP contribution in [0.25, 0.3) is 0 Å². The number of ether oxygens (including phenoxy) is 3. The van der Waals surface area contributed by atoms with Gasteiger partial charge >= 0.3 is 0 Å². The van der Waals surface area contributed by atoms with Gasteiger partial charge in [0.15, 0.2) is 0 Å². The average molecular weight is 538 g/mol. The van der Waals surface area contributed by atoms with Crippen molar-refractivity contribution in [1.82, 2.24) is 10.6 Å². The standard InChI is InChI=1S/C28H31N3O6S/c1-35-20-12-13-22(23(16-20)36-2)31(25(32)18-30-27(33)24-11-7-15-38-24)26(19-8-4-3-5-9-19)28(34)29-17-21-10-6-14-37-21/h3-5,7-9,11-13,15-16,21,26H,6,10,14,17-18H2,1-2H3,(H,29,34)(H,30,33)/t21-,26-/m0/s1. The summed E-state index contributed by atoms with van der Waals surface area (Å²) in [5.74, 6) is -0.352. The first-order valence-corrected chi connectivity index (χ1v) is 13.2. The number of hydrogen-bond donors (Lipinski definition) is 2. The van der Waals surface area contributed by atoms with Gasteiger partial charge in [0.05, 0.1) is 37.4 Å². The minimum atomic E-state index is -1.04. The maximum atomic E-state index is 13.8. The third-order valence-corrected chi connectivity index (χ3v) is 7.08. The molecule has 3 aromatic rings. The minimum Gasteiger partial charge on any atom is -0.497 e. The van der Waals surface area contributed by atoms with E-state index in [-0.39, 0.29) is 24.5 Å². The second kappa shape index (κ2) is 13.1. The number of benzene rings is 2. The molecule has 200 valence electrons. The van der Waals surface area contributed by atoms with Crippen LogP contribution in [0.5, 0.6) is 11.5 Å². The molecule has 0 radical (unpaired) electrons. The molecule has 1 aliphatic rings. The summed E-state index contributed by atoms with van der Waals surface area (Å²) in [5.41, 5.74) is 0.970. The number of hydrogen-bond acceptors (Lipinski definition) is 7. The molecule has 0 bridgehead atoms. The molecule has 1 aliphatic heterocycles. The third kappa shape index (κ3) is 6.51. The zero-order chi connectivity index (χ0) is 26.9. The first-order chi connectivity index (χ1) is 18.5. The molecular formula is C28H31N3O6S. The van der Waals surface area contributed by atoms with Crippen molar-refractivity contribution in [2.75, 3.05) is 38.8 Å². The van der Waals surface area contributed by atoms with E-state index in [2.05, 4.69) is 10.6 Å². The Bertz CT molecular complexity index is 1230. The van der Waals surface area contributed by atoms with E-state index < -0.39 is 11.9 Å². The number of amides is 3. The molecule has 2 heterocycles. The molecule has 9 nitrogen and oxygen atoms in total. The van der Waals surface area contributed by atoms with E-state index >= 15 is 0 Å². The summed E-state index contributed by atoms with van der Waals surface area (Å²) in [6, 6.07) is 16.4. The highest BCUT2D eigenvalue weighted by Gasteiger charge is 2.35. The molecule has 38 heavy (non-hydrogen) atoms. The zero-order valence-electron chi connectivity index (χ0n) is 21.3.